The predicted molar refractivity (Wildman–Crippen MR) is 50.2 cm³/mol. The molecule has 2 atom stereocenters. The maximum absolute atomic E-state index is 10.7. The zero-order valence-electron chi connectivity index (χ0n) is 7.67. The van der Waals surface area contributed by atoms with Crippen LogP contribution < -0.4 is 5.32 Å². The summed E-state index contributed by atoms with van der Waals surface area (Å²) in [6.45, 7) is 4.60. The third kappa shape index (κ3) is 5.68. The number of rotatable bonds is 5. The molecule has 0 aromatic carbocycles. The van der Waals surface area contributed by atoms with Crippen molar-refractivity contribution in [2.75, 3.05) is 5.75 Å². The van der Waals surface area contributed by atoms with E-state index in [9.17, 15) is 18.3 Å². The summed E-state index contributed by atoms with van der Waals surface area (Å²) < 4.78 is 29.1. The average molecular weight is 223 g/mol. The molecule has 82 valence electrons. The number of hydrogen-bond donors (Lipinski definition) is 3. The van der Waals surface area contributed by atoms with Crippen molar-refractivity contribution in [1.29, 1.82) is 0 Å². The van der Waals surface area contributed by atoms with Gasteiger partial charge in [-0.05, 0) is 13.0 Å². The first-order valence-electron chi connectivity index (χ1n) is 3.82. The van der Waals surface area contributed by atoms with Gasteiger partial charge in [0.1, 0.15) is 5.75 Å². The van der Waals surface area contributed by atoms with Gasteiger partial charge in [0.05, 0.1) is 12.1 Å². The van der Waals surface area contributed by atoms with E-state index < -0.39 is 33.9 Å². The number of aliphatic hydroxyl groups is 1. The number of carbonyl (C=O) groups excluding carboxylic acids is 1. The third-order valence-corrected chi connectivity index (χ3v) is 2.28. The molecule has 0 radical (unpaired) electrons. The molecule has 0 heterocycles. The van der Waals surface area contributed by atoms with Crippen molar-refractivity contribution in [2.24, 2.45) is 0 Å². The van der Waals surface area contributed by atoms with E-state index in [0.717, 1.165) is 6.08 Å². The Balaban J connectivity index is 4.19. The first kappa shape index (κ1) is 13.1. The first-order chi connectivity index (χ1) is 6.26. The highest BCUT2D eigenvalue weighted by atomic mass is 32.2. The normalized spacial score (nSPS) is 15.6. The van der Waals surface area contributed by atoms with Crippen LogP contribution in [-0.4, -0.2) is 41.9 Å². The van der Waals surface area contributed by atoms with Crippen LogP contribution in [0.4, 0.5) is 0 Å². The Bertz CT molecular complexity index is 310. The molecule has 0 aliphatic heterocycles. The van der Waals surface area contributed by atoms with Gasteiger partial charge in [-0.1, -0.05) is 6.58 Å². The van der Waals surface area contributed by atoms with E-state index in [-0.39, 0.29) is 0 Å². The highest BCUT2D eigenvalue weighted by molar-refractivity contribution is 7.85. The van der Waals surface area contributed by atoms with Gasteiger partial charge in [-0.3, -0.25) is 9.35 Å². The minimum absolute atomic E-state index is 0.521. The van der Waals surface area contributed by atoms with Crippen LogP contribution in [-0.2, 0) is 14.9 Å². The standard InChI is InChI=1S/C7H13NO5S/c1-3-7(10)8-5(2)6(9)4-14(11,12)13/h3,5-6,9H,1,4H2,2H3,(H,8,10)(H,11,12,13). The largest absolute Gasteiger partial charge is 0.390 e. The van der Waals surface area contributed by atoms with E-state index in [2.05, 4.69) is 11.9 Å². The summed E-state index contributed by atoms with van der Waals surface area (Å²) in [6, 6.07) is -0.776. The second kappa shape index (κ2) is 5.08. The quantitative estimate of drug-likeness (QED) is 0.406. The fraction of sp³-hybridized carbons (Fsp3) is 0.571. The molecule has 14 heavy (non-hydrogen) atoms. The zero-order valence-corrected chi connectivity index (χ0v) is 8.49. The lowest BCUT2D eigenvalue weighted by Gasteiger charge is -2.17. The Morgan fingerprint density at radius 1 is 1.64 bits per heavy atom. The molecule has 0 spiro atoms. The predicted octanol–water partition coefficient (Wildman–Crippen LogP) is -1.07. The molecule has 2 unspecified atom stereocenters. The van der Waals surface area contributed by atoms with E-state index in [1.807, 2.05) is 0 Å². The van der Waals surface area contributed by atoms with E-state index >= 15 is 0 Å². The Kier molecular flexibility index (Phi) is 4.75. The SMILES string of the molecule is C=CC(=O)NC(C)C(O)CS(=O)(=O)O. The zero-order chi connectivity index (χ0) is 11.4. The molecule has 0 aliphatic rings. The second-order valence-corrected chi connectivity index (χ2v) is 4.31. The molecule has 6 nitrogen and oxygen atoms in total. The van der Waals surface area contributed by atoms with Gasteiger partial charge in [0, 0.05) is 0 Å². The van der Waals surface area contributed by atoms with Crippen LogP contribution in [0.1, 0.15) is 6.92 Å². The van der Waals surface area contributed by atoms with Crippen molar-refractivity contribution in [3.05, 3.63) is 12.7 Å². The van der Waals surface area contributed by atoms with Crippen molar-refractivity contribution < 1.29 is 22.9 Å². The topological polar surface area (TPSA) is 104 Å². The first-order valence-corrected chi connectivity index (χ1v) is 5.43. The highest BCUT2D eigenvalue weighted by Gasteiger charge is 2.21. The van der Waals surface area contributed by atoms with Gasteiger partial charge in [0.2, 0.25) is 5.91 Å². The van der Waals surface area contributed by atoms with Gasteiger partial charge in [0.15, 0.2) is 0 Å². The lowest BCUT2D eigenvalue weighted by atomic mass is 10.2. The Labute approximate surface area is 82.4 Å². The van der Waals surface area contributed by atoms with Gasteiger partial charge in [-0.25, -0.2) is 0 Å². The van der Waals surface area contributed by atoms with Gasteiger partial charge in [0.25, 0.3) is 10.1 Å². The Hall–Kier alpha value is -0.920. The molecule has 0 aliphatic carbocycles. The molecule has 0 aromatic rings. The van der Waals surface area contributed by atoms with E-state index in [1.54, 1.807) is 0 Å². The third-order valence-electron chi connectivity index (χ3n) is 1.51. The number of aliphatic hydroxyl groups excluding tert-OH is 1. The van der Waals surface area contributed by atoms with Crippen LogP contribution in [0.2, 0.25) is 0 Å². The molecule has 0 aromatic heterocycles. The Morgan fingerprint density at radius 3 is 2.50 bits per heavy atom. The molecule has 3 N–H and O–H groups in total. The number of amides is 1. The van der Waals surface area contributed by atoms with E-state index in [0.29, 0.717) is 0 Å². The van der Waals surface area contributed by atoms with Crippen molar-refractivity contribution in [3.63, 3.8) is 0 Å². The molecule has 0 fully saturated rings. The highest BCUT2D eigenvalue weighted by Crippen LogP contribution is 1.97. The smallest absolute Gasteiger partial charge is 0.267 e. The summed E-state index contributed by atoms with van der Waals surface area (Å²) in [4.78, 5) is 10.7. The molecule has 7 heteroatoms. The maximum atomic E-state index is 10.7. The fourth-order valence-electron chi connectivity index (χ4n) is 0.740. The number of hydrogen-bond acceptors (Lipinski definition) is 4. The lowest BCUT2D eigenvalue weighted by molar-refractivity contribution is -0.117. The van der Waals surface area contributed by atoms with Crippen LogP contribution in [0.3, 0.4) is 0 Å². The second-order valence-electron chi connectivity index (χ2n) is 2.82. The molecule has 0 rings (SSSR count). The molecule has 0 saturated carbocycles. The molecular formula is C7H13NO5S. The minimum Gasteiger partial charge on any atom is -0.390 e. The van der Waals surface area contributed by atoms with Crippen LogP contribution in [0.25, 0.3) is 0 Å². The van der Waals surface area contributed by atoms with Crippen molar-refractivity contribution in [1.82, 2.24) is 5.32 Å². The summed E-state index contributed by atoms with van der Waals surface area (Å²) in [5, 5.41) is 11.5. The van der Waals surface area contributed by atoms with Gasteiger partial charge in [-0.2, -0.15) is 8.42 Å². The number of carbonyl (C=O) groups is 1. The molecule has 1 amide bonds. The minimum atomic E-state index is -4.24. The summed E-state index contributed by atoms with van der Waals surface area (Å²) in [5.74, 6) is -1.34. The fourth-order valence-corrected chi connectivity index (χ4v) is 1.46. The molecule has 0 bridgehead atoms. The summed E-state index contributed by atoms with van der Waals surface area (Å²) in [5.41, 5.74) is 0. The lowest BCUT2D eigenvalue weighted by Crippen LogP contribution is -2.43. The van der Waals surface area contributed by atoms with Gasteiger partial charge >= 0.3 is 0 Å². The van der Waals surface area contributed by atoms with Crippen molar-refractivity contribution >= 4 is 16.0 Å². The van der Waals surface area contributed by atoms with Crippen LogP contribution >= 0.6 is 0 Å². The maximum Gasteiger partial charge on any atom is 0.267 e. The monoisotopic (exact) mass is 223 g/mol. The van der Waals surface area contributed by atoms with E-state index in [4.69, 9.17) is 4.55 Å². The van der Waals surface area contributed by atoms with Crippen molar-refractivity contribution in [3.8, 4) is 0 Å². The summed E-state index contributed by atoms with van der Waals surface area (Å²) in [6.07, 6.45) is -0.356. The van der Waals surface area contributed by atoms with Crippen LogP contribution in [0, 0.1) is 0 Å². The average Bonchev–Trinajstić information content (AvgIpc) is 2.00. The van der Waals surface area contributed by atoms with E-state index in [1.165, 1.54) is 6.92 Å². The van der Waals surface area contributed by atoms with Gasteiger partial charge in [-0.15, -0.1) is 0 Å². The summed E-state index contributed by atoms with van der Waals surface area (Å²) >= 11 is 0. The van der Waals surface area contributed by atoms with Crippen LogP contribution in [0.15, 0.2) is 12.7 Å². The number of nitrogens with one attached hydrogen (secondary N) is 1. The van der Waals surface area contributed by atoms with Crippen molar-refractivity contribution in [2.45, 2.75) is 19.1 Å². The van der Waals surface area contributed by atoms with Gasteiger partial charge < -0.3 is 10.4 Å². The Morgan fingerprint density at radius 2 is 2.14 bits per heavy atom. The van der Waals surface area contributed by atoms with Crippen LogP contribution in [0.5, 0.6) is 0 Å². The summed E-state index contributed by atoms with van der Waals surface area (Å²) in [7, 11) is -4.24. The molecular weight excluding hydrogens is 210 g/mol. The molecule has 0 saturated heterocycles.